The van der Waals surface area contributed by atoms with Gasteiger partial charge in [-0.3, -0.25) is 4.79 Å². The number of carboxylic acids is 1. The minimum Gasteiger partial charge on any atom is -0.484 e. The van der Waals surface area contributed by atoms with Crippen LogP contribution >= 0.6 is 0 Å². The minimum absolute atomic E-state index is 0.0964. The van der Waals surface area contributed by atoms with Crippen LogP contribution in [0.3, 0.4) is 0 Å². The van der Waals surface area contributed by atoms with E-state index in [2.05, 4.69) is 4.74 Å². The second-order valence-corrected chi connectivity index (χ2v) is 4.10. The van der Waals surface area contributed by atoms with E-state index in [-0.39, 0.29) is 17.7 Å². The normalized spacial score (nSPS) is 13.1. The predicted molar refractivity (Wildman–Crippen MR) is 58.5 cm³/mol. The number of hydrogen-bond acceptors (Lipinski definition) is 2. The average molecular weight is 280 g/mol. The molecule has 0 amide bonds. The van der Waals surface area contributed by atoms with Crippen molar-refractivity contribution < 1.29 is 32.2 Å². The number of carboxylic acid groups (broad SMARTS) is 1. The molecule has 0 saturated carbocycles. The molecule has 1 N–H and O–H groups in total. The average Bonchev–Trinajstić information content (AvgIpc) is 2.26. The van der Waals surface area contributed by atoms with Crippen LogP contribution in [0.5, 0.6) is 5.75 Å². The fraction of sp³-hybridized carbons (Fsp3) is 0.417. The Morgan fingerprint density at radius 1 is 1.42 bits per heavy atom. The zero-order valence-corrected chi connectivity index (χ0v) is 10.00. The third-order valence-corrected chi connectivity index (χ3v) is 2.36. The topological polar surface area (TPSA) is 46.5 Å². The van der Waals surface area contributed by atoms with E-state index in [4.69, 9.17) is 5.11 Å². The summed E-state index contributed by atoms with van der Waals surface area (Å²) in [4.78, 5) is 10.7. The van der Waals surface area contributed by atoms with E-state index < -0.39 is 30.5 Å². The van der Waals surface area contributed by atoms with Crippen molar-refractivity contribution in [3.8, 4) is 5.75 Å². The van der Waals surface area contributed by atoms with Gasteiger partial charge in [0.15, 0.2) is 6.61 Å². The highest BCUT2D eigenvalue weighted by atomic mass is 19.4. The molecule has 0 aliphatic heterocycles. The first kappa shape index (κ1) is 15.3. The van der Waals surface area contributed by atoms with Crippen molar-refractivity contribution in [3.63, 3.8) is 0 Å². The van der Waals surface area contributed by atoms with E-state index >= 15 is 0 Å². The van der Waals surface area contributed by atoms with Crippen LogP contribution in [0.15, 0.2) is 18.2 Å². The van der Waals surface area contributed by atoms with E-state index in [1.165, 1.54) is 6.92 Å². The Kier molecular flexibility index (Phi) is 4.74. The zero-order chi connectivity index (χ0) is 14.6. The highest BCUT2D eigenvalue weighted by Gasteiger charge is 2.29. The van der Waals surface area contributed by atoms with Gasteiger partial charge in [0.2, 0.25) is 0 Å². The smallest absolute Gasteiger partial charge is 0.422 e. The van der Waals surface area contributed by atoms with Crippen molar-refractivity contribution in [2.45, 2.75) is 19.5 Å². The Bertz CT molecular complexity index is 457. The first-order valence-electron chi connectivity index (χ1n) is 5.40. The lowest BCUT2D eigenvalue weighted by Crippen LogP contribution is -2.20. The molecule has 0 spiro atoms. The molecule has 3 nitrogen and oxygen atoms in total. The standard InChI is InChI=1S/C12H12F4O3/c1-7(11(17)18)4-8-5-9(13)2-3-10(8)19-6-12(14,15)16/h2-3,5,7H,4,6H2,1H3,(H,17,18). The maximum absolute atomic E-state index is 13.0. The van der Waals surface area contributed by atoms with Crippen LogP contribution in [0, 0.1) is 11.7 Å². The third kappa shape index (κ3) is 5.15. The Hall–Kier alpha value is -1.79. The molecule has 106 valence electrons. The number of aliphatic carboxylic acids is 1. The molecule has 1 aromatic carbocycles. The van der Waals surface area contributed by atoms with Gasteiger partial charge in [-0.15, -0.1) is 0 Å². The number of rotatable bonds is 5. The van der Waals surface area contributed by atoms with Gasteiger partial charge in [-0.25, -0.2) is 4.39 Å². The Balaban J connectivity index is 2.88. The summed E-state index contributed by atoms with van der Waals surface area (Å²) in [7, 11) is 0. The molecule has 7 heteroatoms. The van der Waals surface area contributed by atoms with Crippen LogP contribution < -0.4 is 4.74 Å². The van der Waals surface area contributed by atoms with Gasteiger partial charge in [-0.05, 0) is 30.2 Å². The number of alkyl halides is 3. The molecular weight excluding hydrogens is 268 g/mol. The lowest BCUT2D eigenvalue weighted by molar-refractivity contribution is -0.153. The van der Waals surface area contributed by atoms with Gasteiger partial charge >= 0.3 is 12.1 Å². The first-order chi connectivity index (χ1) is 8.69. The molecule has 0 saturated heterocycles. The van der Waals surface area contributed by atoms with E-state index in [1.54, 1.807) is 0 Å². The second-order valence-electron chi connectivity index (χ2n) is 4.10. The molecule has 1 aromatic rings. The first-order valence-corrected chi connectivity index (χ1v) is 5.40. The molecule has 0 aromatic heterocycles. The van der Waals surface area contributed by atoms with Gasteiger partial charge in [0, 0.05) is 0 Å². The number of hydrogen-bond donors (Lipinski definition) is 1. The predicted octanol–water partition coefficient (Wildman–Crippen LogP) is 3.03. The maximum atomic E-state index is 13.0. The van der Waals surface area contributed by atoms with Gasteiger partial charge in [-0.1, -0.05) is 6.92 Å². The summed E-state index contributed by atoms with van der Waals surface area (Å²) in [6.07, 6.45) is -4.62. The molecule has 0 aliphatic rings. The fourth-order valence-corrected chi connectivity index (χ4v) is 1.43. The Morgan fingerprint density at radius 3 is 2.58 bits per heavy atom. The van der Waals surface area contributed by atoms with Crippen LogP contribution in [0.25, 0.3) is 0 Å². The van der Waals surface area contributed by atoms with E-state index in [9.17, 15) is 22.4 Å². The molecule has 0 fully saturated rings. The van der Waals surface area contributed by atoms with Crippen molar-refractivity contribution in [1.29, 1.82) is 0 Å². The van der Waals surface area contributed by atoms with Crippen LogP contribution in [0.1, 0.15) is 12.5 Å². The van der Waals surface area contributed by atoms with Gasteiger partial charge in [0.25, 0.3) is 0 Å². The summed E-state index contributed by atoms with van der Waals surface area (Å²) in [6.45, 7) is -0.131. The van der Waals surface area contributed by atoms with Gasteiger partial charge in [0.05, 0.1) is 5.92 Å². The Morgan fingerprint density at radius 2 is 2.05 bits per heavy atom. The summed E-state index contributed by atoms with van der Waals surface area (Å²) in [6, 6.07) is 3.00. The Labute approximate surface area is 106 Å². The van der Waals surface area contributed by atoms with Crippen molar-refractivity contribution in [2.75, 3.05) is 6.61 Å². The third-order valence-electron chi connectivity index (χ3n) is 2.36. The number of carbonyl (C=O) groups is 1. The van der Waals surface area contributed by atoms with E-state index in [1.807, 2.05) is 0 Å². The summed E-state index contributed by atoms with van der Waals surface area (Å²) in [5.41, 5.74) is 0.0964. The maximum Gasteiger partial charge on any atom is 0.422 e. The van der Waals surface area contributed by atoms with Crippen LogP contribution in [-0.4, -0.2) is 23.9 Å². The quantitative estimate of drug-likeness (QED) is 0.843. The summed E-state index contributed by atoms with van der Waals surface area (Å²) >= 11 is 0. The fourth-order valence-electron chi connectivity index (χ4n) is 1.43. The van der Waals surface area contributed by atoms with E-state index in [0.29, 0.717) is 0 Å². The number of benzene rings is 1. The van der Waals surface area contributed by atoms with Crippen molar-refractivity contribution in [1.82, 2.24) is 0 Å². The molecule has 0 heterocycles. The van der Waals surface area contributed by atoms with Gasteiger partial charge in [0.1, 0.15) is 11.6 Å². The molecule has 19 heavy (non-hydrogen) atoms. The van der Waals surface area contributed by atoms with Crippen molar-refractivity contribution in [3.05, 3.63) is 29.6 Å². The van der Waals surface area contributed by atoms with Crippen molar-refractivity contribution in [2.24, 2.45) is 5.92 Å². The van der Waals surface area contributed by atoms with Crippen LogP contribution in [0.4, 0.5) is 17.6 Å². The SMILES string of the molecule is CC(Cc1cc(F)ccc1OCC(F)(F)F)C(=O)O. The van der Waals surface area contributed by atoms with Crippen LogP contribution in [-0.2, 0) is 11.2 Å². The monoisotopic (exact) mass is 280 g/mol. The highest BCUT2D eigenvalue weighted by molar-refractivity contribution is 5.70. The summed E-state index contributed by atoms with van der Waals surface area (Å²) in [5, 5.41) is 8.75. The molecule has 0 bridgehead atoms. The van der Waals surface area contributed by atoms with Crippen molar-refractivity contribution >= 4 is 5.97 Å². The lowest BCUT2D eigenvalue weighted by atomic mass is 10.0. The van der Waals surface area contributed by atoms with Gasteiger partial charge < -0.3 is 9.84 Å². The molecular formula is C12H12F4O3. The summed E-state index contributed by atoms with van der Waals surface area (Å²) < 4.78 is 53.7. The van der Waals surface area contributed by atoms with Crippen LogP contribution in [0.2, 0.25) is 0 Å². The molecule has 0 radical (unpaired) electrons. The molecule has 1 rings (SSSR count). The van der Waals surface area contributed by atoms with E-state index in [0.717, 1.165) is 18.2 Å². The van der Waals surface area contributed by atoms with Gasteiger partial charge in [-0.2, -0.15) is 13.2 Å². The minimum atomic E-state index is -4.51. The zero-order valence-electron chi connectivity index (χ0n) is 10.00. The lowest BCUT2D eigenvalue weighted by Gasteiger charge is -2.14. The molecule has 1 atom stereocenters. The largest absolute Gasteiger partial charge is 0.484 e. The second kappa shape index (κ2) is 5.90. The highest BCUT2D eigenvalue weighted by Crippen LogP contribution is 2.25. The number of ether oxygens (including phenoxy) is 1. The summed E-state index contributed by atoms with van der Waals surface area (Å²) in [5.74, 6) is -2.79. The number of halogens is 4. The molecule has 0 aliphatic carbocycles. The molecule has 1 unspecified atom stereocenters.